The molecule has 2 aliphatic rings. The van der Waals surface area contributed by atoms with E-state index in [-0.39, 0.29) is 35.4 Å². The fourth-order valence-corrected chi connectivity index (χ4v) is 6.69. The number of halogens is 1. The second-order valence-corrected chi connectivity index (χ2v) is 17.5. The van der Waals surface area contributed by atoms with Gasteiger partial charge in [-0.15, -0.1) is 0 Å². The van der Waals surface area contributed by atoms with Crippen LogP contribution in [0, 0.1) is 0 Å². The Bertz CT molecular complexity index is 1110. The summed E-state index contributed by atoms with van der Waals surface area (Å²) >= 11 is 2.21. The summed E-state index contributed by atoms with van der Waals surface area (Å²) in [6.07, 6.45) is 5.45. The summed E-state index contributed by atoms with van der Waals surface area (Å²) in [4.78, 5) is 13.6. The third-order valence-corrected chi connectivity index (χ3v) is 13.0. The SMILES string of the molecule is CC(C)(C)[Si](C)(C)O[C@@H]1C[C@H]2Cc3cccc(OCc4ccccc4)c3C(=O)O[C@@H](C/C=C/I)C[C@H](C1)O2. The van der Waals surface area contributed by atoms with Crippen molar-refractivity contribution in [2.45, 2.75) is 102 Å². The van der Waals surface area contributed by atoms with Crippen molar-refractivity contribution in [3.8, 4) is 5.75 Å². The monoisotopic (exact) mass is 648 g/mol. The first-order valence-electron chi connectivity index (χ1n) is 13.6. The number of hydrogen-bond acceptors (Lipinski definition) is 5. The Hall–Kier alpha value is -1.68. The number of carbonyl (C=O) groups is 1. The van der Waals surface area contributed by atoms with Gasteiger partial charge in [-0.3, -0.25) is 0 Å². The lowest BCUT2D eigenvalue weighted by atomic mass is 9.91. The number of fused-ring (bicyclic) bond motifs is 3. The average molecular weight is 649 g/mol. The third kappa shape index (κ3) is 7.49. The van der Waals surface area contributed by atoms with Crippen LogP contribution in [0.2, 0.25) is 18.1 Å². The maximum Gasteiger partial charge on any atom is 0.342 e. The van der Waals surface area contributed by atoms with Crippen LogP contribution in [0.25, 0.3) is 0 Å². The van der Waals surface area contributed by atoms with Crippen LogP contribution in [-0.4, -0.2) is 38.7 Å². The molecule has 0 aromatic heterocycles. The van der Waals surface area contributed by atoms with Crippen molar-refractivity contribution in [1.29, 1.82) is 0 Å². The summed E-state index contributed by atoms with van der Waals surface area (Å²) in [7, 11) is -1.94. The molecule has 1 fully saturated rings. The zero-order valence-electron chi connectivity index (χ0n) is 23.2. The van der Waals surface area contributed by atoms with Crippen LogP contribution in [0.4, 0.5) is 0 Å². The van der Waals surface area contributed by atoms with Gasteiger partial charge in [0.25, 0.3) is 0 Å². The van der Waals surface area contributed by atoms with E-state index in [4.69, 9.17) is 18.6 Å². The molecule has 0 N–H and O–H groups in total. The van der Waals surface area contributed by atoms with Crippen LogP contribution < -0.4 is 4.74 Å². The molecule has 7 heteroatoms. The molecule has 0 saturated carbocycles. The van der Waals surface area contributed by atoms with E-state index in [2.05, 4.69) is 56.5 Å². The fourth-order valence-electron chi connectivity index (χ4n) is 5.02. The van der Waals surface area contributed by atoms with Crippen molar-refractivity contribution in [3.05, 3.63) is 75.4 Å². The normalized spacial score (nSPS) is 24.5. The largest absolute Gasteiger partial charge is 0.488 e. The lowest BCUT2D eigenvalue weighted by molar-refractivity contribution is -0.106. The van der Waals surface area contributed by atoms with Crippen LogP contribution in [0.5, 0.6) is 5.75 Å². The van der Waals surface area contributed by atoms with Gasteiger partial charge >= 0.3 is 5.97 Å². The molecule has 1 saturated heterocycles. The van der Waals surface area contributed by atoms with Crippen molar-refractivity contribution in [3.63, 3.8) is 0 Å². The number of rotatable bonds is 7. The van der Waals surface area contributed by atoms with Gasteiger partial charge in [0.15, 0.2) is 8.32 Å². The number of benzene rings is 2. The predicted octanol–water partition coefficient (Wildman–Crippen LogP) is 8.01. The first kappa shape index (κ1) is 29.3. The van der Waals surface area contributed by atoms with Gasteiger partial charge in [0.1, 0.15) is 24.0 Å². The lowest BCUT2D eigenvalue weighted by Crippen LogP contribution is -2.48. The van der Waals surface area contributed by atoms with Gasteiger partial charge in [0.2, 0.25) is 0 Å². The van der Waals surface area contributed by atoms with Gasteiger partial charge in [-0.2, -0.15) is 0 Å². The summed E-state index contributed by atoms with van der Waals surface area (Å²) in [5.74, 6) is 0.242. The standard InChI is InChI=1S/C31H41IO5Si/c1-31(2,3)38(4,5)37-27-19-25-17-23-13-9-15-28(34-21-22-11-7-6-8-12-22)29(23)30(33)36-24(14-10-16-32)18-26(20-27)35-25/h6-13,15-16,24-27H,14,17-21H2,1-5H3/b16-10+/t24-,25+,26+,27+/m0/s1. The molecule has 2 bridgehead atoms. The van der Waals surface area contributed by atoms with Crippen molar-refractivity contribution in [1.82, 2.24) is 0 Å². The van der Waals surface area contributed by atoms with Gasteiger partial charge in [-0.25, -0.2) is 4.79 Å². The Morgan fingerprint density at radius 2 is 1.76 bits per heavy atom. The van der Waals surface area contributed by atoms with Gasteiger partial charge in [0.05, 0.1) is 12.2 Å². The minimum Gasteiger partial charge on any atom is -0.488 e. The van der Waals surface area contributed by atoms with E-state index in [1.54, 1.807) is 0 Å². The number of cyclic esters (lactones) is 1. The van der Waals surface area contributed by atoms with Crippen LogP contribution in [0.15, 0.2) is 58.7 Å². The summed E-state index contributed by atoms with van der Waals surface area (Å²) in [5.41, 5.74) is 2.47. The second kappa shape index (κ2) is 12.7. The quantitative estimate of drug-likeness (QED) is 0.173. The third-order valence-electron chi connectivity index (χ3n) is 7.99. The minimum atomic E-state index is -1.94. The first-order valence-corrected chi connectivity index (χ1v) is 17.8. The highest BCUT2D eigenvalue weighted by Crippen LogP contribution is 2.40. The highest BCUT2D eigenvalue weighted by atomic mass is 127. The first-order chi connectivity index (χ1) is 18.1. The number of ether oxygens (including phenoxy) is 3. The molecule has 4 rings (SSSR count). The van der Waals surface area contributed by atoms with Crippen LogP contribution in [-0.2, 0) is 26.9 Å². The Labute approximate surface area is 242 Å². The zero-order valence-corrected chi connectivity index (χ0v) is 26.4. The van der Waals surface area contributed by atoms with Crippen molar-refractivity contribution >= 4 is 36.9 Å². The lowest BCUT2D eigenvalue weighted by Gasteiger charge is -2.44. The molecule has 2 aliphatic heterocycles. The summed E-state index contributed by atoms with van der Waals surface area (Å²) in [6, 6.07) is 15.8. The molecule has 0 aliphatic carbocycles. The van der Waals surface area contributed by atoms with Crippen molar-refractivity contribution in [2.75, 3.05) is 0 Å². The topological polar surface area (TPSA) is 54.0 Å². The molecule has 2 aromatic rings. The molecule has 4 atom stereocenters. The van der Waals surface area contributed by atoms with Crippen LogP contribution in [0.3, 0.4) is 0 Å². The van der Waals surface area contributed by atoms with E-state index in [9.17, 15) is 4.79 Å². The molecule has 38 heavy (non-hydrogen) atoms. The minimum absolute atomic E-state index is 0.0111. The van der Waals surface area contributed by atoms with E-state index in [1.165, 1.54) is 0 Å². The summed E-state index contributed by atoms with van der Waals surface area (Å²) in [6.45, 7) is 11.9. The molecule has 2 aromatic carbocycles. The zero-order chi connectivity index (χ0) is 27.3. The van der Waals surface area contributed by atoms with Gasteiger partial charge in [-0.1, -0.05) is 91.9 Å². The molecule has 2 heterocycles. The van der Waals surface area contributed by atoms with Gasteiger partial charge < -0.3 is 18.6 Å². The Morgan fingerprint density at radius 3 is 2.47 bits per heavy atom. The molecule has 0 unspecified atom stereocenters. The smallest absolute Gasteiger partial charge is 0.342 e. The molecule has 0 amide bonds. The Morgan fingerprint density at radius 1 is 1.03 bits per heavy atom. The molecule has 0 spiro atoms. The molecule has 0 radical (unpaired) electrons. The average Bonchev–Trinajstić information content (AvgIpc) is 2.85. The van der Waals surface area contributed by atoms with Crippen LogP contribution in [0.1, 0.15) is 67.9 Å². The molecular weight excluding hydrogens is 607 g/mol. The number of hydrogen-bond donors (Lipinski definition) is 0. The van der Waals surface area contributed by atoms with E-state index in [0.29, 0.717) is 37.2 Å². The highest BCUT2D eigenvalue weighted by Gasteiger charge is 2.42. The van der Waals surface area contributed by atoms with Crippen molar-refractivity contribution in [2.24, 2.45) is 0 Å². The van der Waals surface area contributed by atoms with Crippen molar-refractivity contribution < 1.29 is 23.4 Å². The number of esters is 1. The molecular formula is C31H41IO5Si. The summed E-state index contributed by atoms with van der Waals surface area (Å²) in [5, 5.41) is 0.141. The second-order valence-electron chi connectivity index (χ2n) is 12.0. The fraction of sp³-hybridized carbons (Fsp3) is 0.516. The Kier molecular flexibility index (Phi) is 9.76. The predicted molar refractivity (Wildman–Crippen MR) is 162 cm³/mol. The van der Waals surface area contributed by atoms with Gasteiger partial charge in [0, 0.05) is 18.9 Å². The number of carbonyl (C=O) groups excluding carboxylic acids is 1. The maximum absolute atomic E-state index is 13.6. The molecule has 206 valence electrons. The van der Waals surface area contributed by atoms with Gasteiger partial charge in [-0.05, 0) is 58.7 Å². The van der Waals surface area contributed by atoms with E-state index in [1.807, 2.05) is 58.7 Å². The maximum atomic E-state index is 13.6. The highest BCUT2D eigenvalue weighted by molar-refractivity contribution is 14.1. The Balaban J connectivity index is 1.64. The van der Waals surface area contributed by atoms with Crippen LogP contribution >= 0.6 is 22.6 Å². The summed E-state index contributed by atoms with van der Waals surface area (Å²) < 4.78 is 27.9. The van der Waals surface area contributed by atoms with E-state index >= 15 is 0 Å². The molecule has 5 nitrogen and oxygen atoms in total. The van der Waals surface area contributed by atoms with E-state index < -0.39 is 8.32 Å². The van der Waals surface area contributed by atoms with E-state index in [0.717, 1.165) is 24.0 Å².